The molecule has 2 N–H and O–H groups in total. The largest absolute Gasteiger partial charge is 0.383 e. The van der Waals surface area contributed by atoms with Gasteiger partial charge in [-0.15, -0.1) is 0 Å². The lowest BCUT2D eigenvalue weighted by Crippen LogP contribution is -2.20. The molecule has 1 heterocycles. The van der Waals surface area contributed by atoms with Crippen molar-refractivity contribution in [2.24, 2.45) is 0 Å². The number of hydrogen-bond acceptors (Lipinski definition) is 7. The molecular formula is C20H20N4O4S. The second-order valence-corrected chi connectivity index (χ2v) is 7.32. The molecule has 0 unspecified atom stereocenters. The van der Waals surface area contributed by atoms with Gasteiger partial charge < -0.3 is 15.4 Å². The molecule has 0 spiro atoms. The second-order valence-electron chi connectivity index (χ2n) is 6.32. The van der Waals surface area contributed by atoms with Crippen LogP contribution in [0.3, 0.4) is 0 Å². The monoisotopic (exact) mass is 412 g/mol. The van der Waals surface area contributed by atoms with Crippen molar-refractivity contribution in [1.82, 2.24) is 4.98 Å². The van der Waals surface area contributed by atoms with Gasteiger partial charge in [0.05, 0.1) is 17.2 Å². The number of aromatic nitrogens is 1. The van der Waals surface area contributed by atoms with Gasteiger partial charge in [-0.2, -0.15) is 0 Å². The number of nitro benzene ring substituents is 1. The van der Waals surface area contributed by atoms with E-state index in [0.29, 0.717) is 33.6 Å². The van der Waals surface area contributed by atoms with Crippen LogP contribution in [0.4, 0.5) is 16.5 Å². The number of carbonyl (C=O) groups excluding carboxylic acids is 1. The zero-order valence-corrected chi connectivity index (χ0v) is 16.7. The summed E-state index contributed by atoms with van der Waals surface area (Å²) in [5.41, 5.74) is 1.73. The van der Waals surface area contributed by atoms with Gasteiger partial charge >= 0.3 is 0 Å². The third-order valence-electron chi connectivity index (χ3n) is 4.00. The molecule has 1 amide bonds. The summed E-state index contributed by atoms with van der Waals surface area (Å²) in [5.74, 6) is -0.297. The molecule has 1 aromatic heterocycles. The summed E-state index contributed by atoms with van der Waals surface area (Å²) < 4.78 is 5.13. The number of rotatable bonds is 8. The Morgan fingerprint density at radius 1 is 1.21 bits per heavy atom. The minimum absolute atomic E-state index is 0.000829. The highest BCUT2D eigenvalue weighted by molar-refractivity contribution is 7.18. The number of anilines is 2. The van der Waals surface area contributed by atoms with Gasteiger partial charge in [-0.3, -0.25) is 14.9 Å². The van der Waals surface area contributed by atoms with Gasteiger partial charge in [0.1, 0.15) is 4.88 Å². The second kappa shape index (κ2) is 9.26. The molecule has 0 radical (unpaired) electrons. The summed E-state index contributed by atoms with van der Waals surface area (Å²) in [7, 11) is 1.61. The molecule has 3 rings (SSSR count). The molecular weight excluding hydrogens is 392 g/mol. The van der Waals surface area contributed by atoms with Crippen LogP contribution in [0.15, 0.2) is 54.6 Å². The fraction of sp³-hybridized carbons (Fsp3) is 0.200. The predicted octanol–water partition coefficient (Wildman–Crippen LogP) is 4.42. The molecule has 9 heteroatoms. The first-order chi connectivity index (χ1) is 14.0. The number of nitro groups is 1. The average molecular weight is 412 g/mol. The Morgan fingerprint density at radius 3 is 2.52 bits per heavy atom. The van der Waals surface area contributed by atoms with Crippen molar-refractivity contribution in [2.75, 3.05) is 24.4 Å². The van der Waals surface area contributed by atoms with Gasteiger partial charge in [0.25, 0.3) is 11.6 Å². The van der Waals surface area contributed by atoms with E-state index in [-0.39, 0.29) is 17.6 Å². The molecule has 3 aromatic rings. The van der Waals surface area contributed by atoms with Crippen molar-refractivity contribution in [3.8, 4) is 11.3 Å². The first-order valence-electron chi connectivity index (χ1n) is 8.85. The topological polar surface area (TPSA) is 106 Å². The number of ether oxygens (including phenoxy) is 1. The van der Waals surface area contributed by atoms with Crippen LogP contribution in [-0.4, -0.2) is 35.6 Å². The van der Waals surface area contributed by atoms with Crippen LogP contribution in [0.1, 0.15) is 16.6 Å². The summed E-state index contributed by atoms with van der Waals surface area (Å²) in [4.78, 5) is 28.3. The lowest BCUT2D eigenvalue weighted by molar-refractivity contribution is -0.384. The van der Waals surface area contributed by atoms with Crippen LogP contribution in [0.25, 0.3) is 11.3 Å². The molecule has 0 saturated carbocycles. The van der Waals surface area contributed by atoms with Gasteiger partial charge in [-0.05, 0) is 31.2 Å². The number of hydrogen-bond donors (Lipinski definition) is 2. The highest BCUT2D eigenvalue weighted by Crippen LogP contribution is 2.33. The smallest absolute Gasteiger partial charge is 0.269 e. The zero-order chi connectivity index (χ0) is 20.8. The van der Waals surface area contributed by atoms with E-state index in [9.17, 15) is 14.9 Å². The van der Waals surface area contributed by atoms with E-state index < -0.39 is 4.92 Å². The summed E-state index contributed by atoms with van der Waals surface area (Å²) in [6, 6.07) is 15.1. The molecule has 1 atom stereocenters. The maximum absolute atomic E-state index is 12.9. The Morgan fingerprint density at radius 2 is 1.90 bits per heavy atom. The highest BCUT2D eigenvalue weighted by Gasteiger charge is 2.21. The zero-order valence-electron chi connectivity index (χ0n) is 15.9. The molecule has 0 aliphatic rings. The van der Waals surface area contributed by atoms with Gasteiger partial charge in [-0.25, -0.2) is 4.98 Å². The normalized spacial score (nSPS) is 11.7. The molecule has 2 aromatic carbocycles. The van der Waals surface area contributed by atoms with E-state index in [1.807, 2.05) is 25.1 Å². The Hall–Kier alpha value is -3.30. The predicted molar refractivity (Wildman–Crippen MR) is 114 cm³/mol. The van der Waals surface area contributed by atoms with Crippen LogP contribution in [0.5, 0.6) is 0 Å². The number of thiazole rings is 1. The highest BCUT2D eigenvalue weighted by atomic mass is 32.1. The third-order valence-corrected chi connectivity index (χ3v) is 4.99. The Bertz CT molecular complexity index is 989. The SMILES string of the molecule is COC[C@H](C)Nc1nc(-c2ccc([N+](=O)[O-])cc2)c(C(=O)Nc2ccccc2)s1. The fourth-order valence-electron chi connectivity index (χ4n) is 2.68. The maximum atomic E-state index is 12.9. The number of non-ortho nitro benzene ring substituents is 1. The molecule has 8 nitrogen and oxygen atoms in total. The first-order valence-corrected chi connectivity index (χ1v) is 9.67. The number of benzene rings is 2. The maximum Gasteiger partial charge on any atom is 0.269 e. The van der Waals surface area contributed by atoms with Gasteiger partial charge in [0.15, 0.2) is 5.13 Å². The van der Waals surface area contributed by atoms with Gasteiger partial charge in [-0.1, -0.05) is 29.5 Å². The summed E-state index contributed by atoms with van der Waals surface area (Å²) in [6.07, 6.45) is 0. The third kappa shape index (κ3) is 5.15. The van der Waals surface area contributed by atoms with Crippen molar-refractivity contribution < 1.29 is 14.5 Å². The molecule has 0 aliphatic carbocycles. The number of nitrogens with one attached hydrogen (secondary N) is 2. The number of para-hydroxylation sites is 1. The first kappa shape index (κ1) is 20.4. The van der Waals surface area contributed by atoms with E-state index in [0.717, 1.165) is 0 Å². The molecule has 0 aliphatic heterocycles. The lowest BCUT2D eigenvalue weighted by atomic mass is 10.1. The number of methoxy groups -OCH3 is 1. The van der Waals surface area contributed by atoms with Crippen molar-refractivity contribution in [3.05, 3.63) is 69.6 Å². The number of amides is 1. The van der Waals surface area contributed by atoms with Crippen LogP contribution in [0.2, 0.25) is 0 Å². The summed E-state index contributed by atoms with van der Waals surface area (Å²) in [5, 5.41) is 17.6. The Balaban J connectivity index is 1.94. The minimum Gasteiger partial charge on any atom is -0.383 e. The van der Waals surface area contributed by atoms with Crippen molar-refractivity contribution in [1.29, 1.82) is 0 Å². The quantitative estimate of drug-likeness (QED) is 0.419. The summed E-state index contributed by atoms with van der Waals surface area (Å²) in [6.45, 7) is 2.43. The lowest BCUT2D eigenvalue weighted by Gasteiger charge is -2.10. The molecule has 29 heavy (non-hydrogen) atoms. The van der Waals surface area contributed by atoms with Crippen LogP contribution < -0.4 is 10.6 Å². The number of carbonyl (C=O) groups is 1. The Labute approximate surface area is 171 Å². The standard InChI is InChI=1S/C20H20N4O4S/c1-13(12-28-2)21-20-23-17(14-8-10-16(11-9-14)24(26)27)18(29-20)19(25)22-15-6-4-3-5-7-15/h3-11,13H,12H2,1-2H3,(H,21,23)(H,22,25)/t13-/m0/s1. The molecule has 150 valence electrons. The van der Waals surface area contributed by atoms with Crippen molar-refractivity contribution in [2.45, 2.75) is 13.0 Å². The van der Waals surface area contributed by atoms with Crippen LogP contribution in [-0.2, 0) is 4.74 Å². The van der Waals surface area contributed by atoms with E-state index in [1.54, 1.807) is 31.4 Å². The molecule has 0 bridgehead atoms. The molecule has 0 fully saturated rings. The van der Waals surface area contributed by atoms with E-state index in [1.165, 1.54) is 23.5 Å². The molecule has 0 saturated heterocycles. The van der Waals surface area contributed by atoms with Crippen molar-refractivity contribution in [3.63, 3.8) is 0 Å². The van der Waals surface area contributed by atoms with E-state index >= 15 is 0 Å². The van der Waals surface area contributed by atoms with E-state index in [4.69, 9.17) is 4.74 Å². The van der Waals surface area contributed by atoms with Crippen LogP contribution >= 0.6 is 11.3 Å². The minimum atomic E-state index is -0.465. The van der Waals surface area contributed by atoms with Gasteiger partial charge in [0.2, 0.25) is 0 Å². The van der Waals surface area contributed by atoms with Crippen molar-refractivity contribution >= 4 is 33.8 Å². The average Bonchev–Trinajstić information content (AvgIpc) is 3.13. The van der Waals surface area contributed by atoms with Crippen LogP contribution in [0, 0.1) is 10.1 Å². The number of nitrogens with zero attached hydrogens (tertiary/aromatic N) is 2. The Kier molecular flexibility index (Phi) is 6.53. The van der Waals surface area contributed by atoms with Gasteiger partial charge in [0, 0.05) is 36.5 Å². The van der Waals surface area contributed by atoms with E-state index in [2.05, 4.69) is 15.6 Å². The summed E-state index contributed by atoms with van der Waals surface area (Å²) >= 11 is 1.22. The fourth-order valence-corrected chi connectivity index (χ4v) is 3.68.